The first-order chi connectivity index (χ1) is 9.81. The summed E-state index contributed by atoms with van der Waals surface area (Å²) in [6.07, 6.45) is 2.25. The van der Waals surface area contributed by atoms with Crippen LogP contribution in [0, 0.1) is 0 Å². The molecule has 0 aliphatic heterocycles. The number of halogens is 1. The first kappa shape index (κ1) is 16.2. The van der Waals surface area contributed by atoms with E-state index in [1.807, 2.05) is 0 Å². The molecule has 2 aromatic heterocycles. The molecule has 0 saturated carbocycles. The Bertz CT molecular complexity index is 759. The van der Waals surface area contributed by atoms with Crippen molar-refractivity contribution in [2.75, 3.05) is 0 Å². The molecule has 2 aromatic rings. The van der Waals surface area contributed by atoms with Crippen LogP contribution < -0.4 is 11.1 Å². The molecule has 0 unspecified atom stereocenters. The lowest BCUT2D eigenvalue weighted by molar-refractivity contribution is 0.0685. The Kier molecular flexibility index (Phi) is 5.44. The second kappa shape index (κ2) is 7.06. The van der Waals surface area contributed by atoms with E-state index in [0.29, 0.717) is 0 Å². The predicted octanol–water partition coefficient (Wildman–Crippen LogP) is 0.800. The number of aromatic amines is 2. The maximum Gasteiger partial charge on any atom is 0.337 e. The number of nitrogens with one attached hydrogen (secondary N) is 2. The van der Waals surface area contributed by atoms with Gasteiger partial charge in [0.25, 0.3) is 5.56 Å². The third-order valence-electron chi connectivity index (χ3n) is 2.14. The Hall–Kier alpha value is -2.87. The van der Waals surface area contributed by atoms with Crippen LogP contribution in [0.25, 0.3) is 0 Å². The Morgan fingerprint density at radius 3 is 1.95 bits per heavy atom. The summed E-state index contributed by atoms with van der Waals surface area (Å²) in [7, 11) is 0. The van der Waals surface area contributed by atoms with Gasteiger partial charge in [-0.1, -0.05) is 11.6 Å². The van der Waals surface area contributed by atoms with Crippen LogP contribution in [0.1, 0.15) is 20.7 Å². The minimum atomic E-state index is -1.12. The molecule has 0 radical (unpaired) electrons. The van der Waals surface area contributed by atoms with Gasteiger partial charge in [0.2, 0.25) is 5.56 Å². The fraction of sp³-hybridized carbons (Fsp3) is 0. The number of carboxylic acids is 2. The van der Waals surface area contributed by atoms with Crippen molar-refractivity contribution in [1.29, 1.82) is 0 Å². The number of hydrogen-bond donors (Lipinski definition) is 4. The molecule has 0 aliphatic rings. The van der Waals surface area contributed by atoms with Gasteiger partial charge in [0.1, 0.15) is 5.02 Å². The van der Waals surface area contributed by atoms with Crippen molar-refractivity contribution in [3.63, 3.8) is 0 Å². The number of pyridine rings is 2. The summed E-state index contributed by atoms with van der Waals surface area (Å²) in [4.78, 5) is 45.9. The second-order valence-corrected chi connectivity index (χ2v) is 4.02. The molecule has 0 atom stereocenters. The largest absolute Gasteiger partial charge is 0.478 e. The van der Waals surface area contributed by atoms with Gasteiger partial charge in [0.15, 0.2) is 0 Å². The van der Waals surface area contributed by atoms with Gasteiger partial charge in [-0.15, -0.1) is 0 Å². The Labute approximate surface area is 121 Å². The molecule has 0 spiro atoms. The van der Waals surface area contributed by atoms with Crippen LogP contribution in [0.15, 0.2) is 40.2 Å². The molecule has 9 heteroatoms. The van der Waals surface area contributed by atoms with E-state index in [-0.39, 0.29) is 21.7 Å². The molecule has 2 rings (SSSR count). The SMILES string of the molecule is O=C(O)c1c[nH]c(=O)c(Cl)c1.O=C(O)c1ccc(=O)[nH]c1. The zero-order valence-corrected chi connectivity index (χ0v) is 11.0. The fourth-order valence-electron chi connectivity index (χ4n) is 1.12. The molecule has 2 heterocycles. The van der Waals surface area contributed by atoms with Gasteiger partial charge in [-0.2, -0.15) is 0 Å². The quantitative estimate of drug-likeness (QED) is 0.646. The van der Waals surface area contributed by atoms with E-state index >= 15 is 0 Å². The van der Waals surface area contributed by atoms with E-state index in [4.69, 9.17) is 21.8 Å². The molecule has 21 heavy (non-hydrogen) atoms. The number of rotatable bonds is 2. The summed E-state index contributed by atoms with van der Waals surface area (Å²) in [5.74, 6) is -2.17. The average molecular weight is 313 g/mol. The van der Waals surface area contributed by atoms with Gasteiger partial charge < -0.3 is 20.2 Å². The topological polar surface area (TPSA) is 140 Å². The molecule has 0 amide bonds. The average Bonchev–Trinajstić information content (AvgIpc) is 2.43. The first-order valence-electron chi connectivity index (χ1n) is 5.35. The van der Waals surface area contributed by atoms with Crippen molar-refractivity contribution in [1.82, 2.24) is 9.97 Å². The van der Waals surface area contributed by atoms with Crippen molar-refractivity contribution in [3.05, 3.63) is 67.4 Å². The minimum Gasteiger partial charge on any atom is -0.478 e. The van der Waals surface area contributed by atoms with E-state index in [9.17, 15) is 19.2 Å². The van der Waals surface area contributed by atoms with E-state index < -0.39 is 17.5 Å². The Morgan fingerprint density at radius 2 is 1.52 bits per heavy atom. The molecule has 8 nitrogen and oxygen atoms in total. The zero-order chi connectivity index (χ0) is 16.0. The van der Waals surface area contributed by atoms with Gasteiger partial charge in [-0.25, -0.2) is 9.59 Å². The highest BCUT2D eigenvalue weighted by Crippen LogP contribution is 2.02. The fourth-order valence-corrected chi connectivity index (χ4v) is 1.30. The summed E-state index contributed by atoms with van der Waals surface area (Å²) in [5.41, 5.74) is -0.740. The first-order valence-corrected chi connectivity index (χ1v) is 5.72. The monoisotopic (exact) mass is 312 g/mol. The van der Waals surface area contributed by atoms with Gasteiger partial charge in [-0.05, 0) is 12.1 Å². The molecule has 0 aromatic carbocycles. The van der Waals surface area contributed by atoms with Crippen LogP contribution in [0.2, 0.25) is 5.02 Å². The zero-order valence-electron chi connectivity index (χ0n) is 10.3. The Morgan fingerprint density at radius 1 is 0.952 bits per heavy atom. The molecule has 0 fully saturated rings. The van der Waals surface area contributed by atoms with Crippen molar-refractivity contribution in [3.8, 4) is 0 Å². The van der Waals surface area contributed by atoms with Gasteiger partial charge in [-0.3, -0.25) is 9.59 Å². The molecule has 0 bridgehead atoms. The lowest BCUT2D eigenvalue weighted by Crippen LogP contribution is -2.08. The van der Waals surface area contributed by atoms with Gasteiger partial charge >= 0.3 is 11.9 Å². The smallest absolute Gasteiger partial charge is 0.337 e. The van der Waals surface area contributed by atoms with Crippen LogP contribution >= 0.6 is 11.6 Å². The molecule has 4 N–H and O–H groups in total. The minimum absolute atomic E-state index is 0.0328. The number of carboxylic acid groups (broad SMARTS) is 2. The van der Waals surface area contributed by atoms with E-state index in [2.05, 4.69) is 9.97 Å². The normalized spacial score (nSPS) is 9.38. The van der Waals surface area contributed by atoms with Crippen molar-refractivity contribution >= 4 is 23.5 Å². The summed E-state index contributed by atoms with van der Waals surface area (Å²) in [5, 5.41) is 16.7. The molecule has 0 aliphatic carbocycles. The lowest BCUT2D eigenvalue weighted by Gasteiger charge is -1.92. The number of aromatic carboxylic acids is 2. The van der Waals surface area contributed by atoms with Crippen LogP contribution in [-0.4, -0.2) is 32.1 Å². The molecule has 0 saturated heterocycles. The Balaban J connectivity index is 0.000000211. The summed E-state index contributed by atoms with van der Waals surface area (Å²) in [6, 6.07) is 3.52. The third kappa shape index (κ3) is 4.96. The number of H-pyrrole nitrogens is 2. The van der Waals surface area contributed by atoms with Gasteiger partial charge in [0, 0.05) is 18.5 Å². The standard InChI is InChI=1S/C6H4ClNO3.C6H5NO3/c7-4-1-3(6(10)11)2-8-5(4)9;8-5-2-1-4(3-7-5)6(9)10/h1-2H,(H,8,9)(H,10,11);1-3H,(H,7,8)(H,9,10). The highest BCUT2D eigenvalue weighted by molar-refractivity contribution is 6.30. The highest BCUT2D eigenvalue weighted by atomic mass is 35.5. The predicted molar refractivity (Wildman–Crippen MR) is 73.1 cm³/mol. The second-order valence-electron chi connectivity index (χ2n) is 3.62. The van der Waals surface area contributed by atoms with Crippen LogP contribution in [0.4, 0.5) is 0 Å². The molecular weight excluding hydrogens is 304 g/mol. The lowest BCUT2D eigenvalue weighted by atomic mass is 10.3. The van der Waals surface area contributed by atoms with Gasteiger partial charge in [0.05, 0.1) is 11.1 Å². The summed E-state index contributed by atoms with van der Waals surface area (Å²) in [6.45, 7) is 0. The van der Waals surface area contributed by atoms with Crippen molar-refractivity contribution in [2.24, 2.45) is 0 Å². The summed E-state index contributed by atoms with van der Waals surface area (Å²) >= 11 is 5.35. The maximum atomic E-state index is 10.6. The van der Waals surface area contributed by atoms with Crippen LogP contribution in [0.3, 0.4) is 0 Å². The van der Waals surface area contributed by atoms with Crippen molar-refractivity contribution in [2.45, 2.75) is 0 Å². The van der Waals surface area contributed by atoms with E-state index in [0.717, 1.165) is 18.5 Å². The van der Waals surface area contributed by atoms with Crippen LogP contribution in [-0.2, 0) is 0 Å². The number of aromatic nitrogens is 2. The molecule has 110 valence electrons. The van der Waals surface area contributed by atoms with E-state index in [1.165, 1.54) is 12.1 Å². The van der Waals surface area contributed by atoms with E-state index in [1.54, 1.807) is 0 Å². The number of hydrogen-bond acceptors (Lipinski definition) is 4. The highest BCUT2D eigenvalue weighted by Gasteiger charge is 2.04. The van der Waals surface area contributed by atoms with Crippen LogP contribution in [0.5, 0.6) is 0 Å². The number of carbonyl (C=O) groups is 2. The summed E-state index contributed by atoms with van der Waals surface area (Å²) < 4.78 is 0. The van der Waals surface area contributed by atoms with Crippen molar-refractivity contribution < 1.29 is 19.8 Å². The maximum absolute atomic E-state index is 10.6. The third-order valence-corrected chi connectivity index (χ3v) is 2.42. The molecular formula is C12H9ClN2O6.